The lowest BCUT2D eigenvalue weighted by Gasteiger charge is -2.43. The van der Waals surface area contributed by atoms with Crippen LogP contribution in [0.3, 0.4) is 0 Å². The average Bonchev–Trinajstić information content (AvgIpc) is 2.38. The Labute approximate surface area is 117 Å². The Balaban J connectivity index is 1.98. The van der Waals surface area contributed by atoms with Crippen LogP contribution in [0.15, 0.2) is 24.3 Å². The first-order valence-corrected chi connectivity index (χ1v) is 7.23. The molecule has 106 valence electrons. The molecule has 0 saturated carbocycles. The molecule has 19 heavy (non-hydrogen) atoms. The maximum absolute atomic E-state index is 5.89. The number of anilines is 1. The van der Waals surface area contributed by atoms with Gasteiger partial charge in [-0.25, -0.2) is 0 Å². The maximum Gasteiger partial charge on any atom is 0.0367 e. The summed E-state index contributed by atoms with van der Waals surface area (Å²) in [4.78, 5) is 5.02. The van der Waals surface area contributed by atoms with Crippen LogP contribution >= 0.6 is 0 Å². The molecular formula is C16H27N3. The van der Waals surface area contributed by atoms with Crippen LogP contribution in [0, 0.1) is 0 Å². The summed E-state index contributed by atoms with van der Waals surface area (Å²) >= 11 is 0. The number of hydrogen-bond donors (Lipinski definition) is 1. The van der Waals surface area contributed by atoms with Crippen molar-refractivity contribution >= 4 is 5.69 Å². The molecule has 0 aliphatic carbocycles. The van der Waals surface area contributed by atoms with E-state index in [0.29, 0.717) is 0 Å². The summed E-state index contributed by atoms with van der Waals surface area (Å²) in [5.74, 6) is 0. The van der Waals surface area contributed by atoms with Gasteiger partial charge in [0.1, 0.15) is 0 Å². The number of piperazine rings is 1. The van der Waals surface area contributed by atoms with Gasteiger partial charge in [0, 0.05) is 43.4 Å². The van der Waals surface area contributed by atoms with Crippen molar-refractivity contribution in [2.24, 2.45) is 5.73 Å². The predicted molar refractivity (Wildman–Crippen MR) is 82.6 cm³/mol. The second kappa shape index (κ2) is 5.51. The Morgan fingerprint density at radius 2 is 1.53 bits per heavy atom. The summed E-state index contributed by atoms with van der Waals surface area (Å²) in [6, 6.07) is 8.81. The molecule has 1 aromatic carbocycles. The van der Waals surface area contributed by atoms with Gasteiger partial charge < -0.3 is 10.6 Å². The van der Waals surface area contributed by atoms with E-state index < -0.39 is 0 Å². The van der Waals surface area contributed by atoms with E-state index in [1.165, 1.54) is 11.3 Å². The quantitative estimate of drug-likeness (QED) is 0.888. The van der Waals surface area contributed by atoms with Gasteiger partial charge >= 0.3 is 0 Å². The molecule has 2 N–H and O–H groups in total. The van der Waals surface area contributed by atoms with Crippen molar-refractivity contribution in [2.75, 3.05) is 31.1 Å². The molecule has 0 aromatic heterocycles. The number of nitrogens with two attached hydrogens (primary N) is 1. The van der Waals surface area contributed by atoms with Crippen LogP contribution in [0.5, 0.6) is 0 Å². The van der Waals surface area contributed by atoms with Gasteiger partial charge in [0.25, 0.3) is 0 Å². The van der Waals surface area contributed by atoms with E-state index in [9.17, 15) is 0 Å². The minimum absolute atomic E-state index is 0.117. The van der Waals surface area contributed by atoms with Crippen molar-refractivity contribution in [3.05, 3.63) is 29.8 Å². The fraction of sp³-hybridized carbons (Fsp3) is 0.625. The minimum Gasteiger partial charge on any atom is -0.369 e. The molecule has 1 aliphatic heterocycles. The molecule has 1 aromatic rings. The smallest absolute Gasteiger partial charge is 0.0367 e. The maximum atomic E-state index is 5.89. The van der Waals surface area contributed by atoms with Gasteiger partial charge in [-0.05, 0) is 45.4 Å². The summed E-state index contributed by atoms with van der Waals surface area (Å²) in [5.41, 5.74) is 8.69. The monoisotopic (exact) mass is 261 g/mol. The number of rotatable bonds is 2. The molecule has 3 heteroatoms. The van der Waals surface area contributed by atoms with Crippen molar-refractivity contribution in [3.8, 4) is 0 Å². The third kappa shape index (κ3) is 3.48. The highest BCUT2D eigenvalue weighted by Crippen LogP contribution is 2.22. The SMILES string of the molecule is CC(N)c1ccc(N2CCN(C(C)(C)C)CC2)cc1. The molecule has 1 fully saturated rings. The van der Waals surface area contributed by atoms with Gasteiger partial charge in [-0.1, -0.05) is 12.1 Å². The van der Waals surface area contributed by atoms with Gasteiger partial charge in [0.2, 0.25) is 0 Å². The van der Waals surface area contributed by atoms with E-state index in [2.05, 4.69) is 54.8 Å². The molecule has 3 nitrogen and oxygen atoms in total. The van der Waals surface area contributed by atoms with E-state index in [0.717, 1.165) is 26.2 Å². The number of hydrogen-bond acceptors (Lipinski definition) is 3. The Kier molecular flexibility index (Phi) is 4.16. The number of nitrogens with zero attached hydrogens (tertiary/aromatic N) is 2. The van der Waals surface area contributed by atoms with Crippen LogP contribution in [0.4, 0.5) is 5.69 Å². The molecule has 1 atom stereocenters. The van der Waals surface area contributed by atoms with Crippen molar-refractivity contribution in [1.29, 1.82) is 0 Å². The molecule has 0 amide bonds. The van der Waals surface area contributed by atoms with Crippen LogP contribution < -0.4 is 10.6 Å². The van der Waals surface area contributed by atoms with E-state index in [1.54, 1.807) is 0 Å². The van der Waals surface area contributed by atoms with Crippen LogP contribution in [-0.4, -0.2) is 36.6 Å². The van der Waals surface area contributed by atoms with Crippen LogP contribution in [0.1, 0.15) is 39.3 Å². The van der Waals surface area contributed by atoms with Crippen molar-refractivity contribution in [3.63, 3.8) is 0 Å². The normalized spacial score (nSPS) is 19.5. The lowest BCUT2D eigenvalue weighted by Crippen LogP contribution is -2.53. The third-order valence-corrected chi connectivity index (χ3v) is 4.01. The lowest BCUT2D eigenvalue weighted by molar-refractivity contribution is 0.128. The Morgan fingerprint density at radius 3 is 1.95 bits per heavy atom. The Bertz CT molecular complexity index is 395. The minimum atomic E-state index is 0.117. The number of benzene rings is 1. The van der Waals surface area contributed by atoms with E-state index in [4.69, 9.17) is 5.73 Å². The topological polar surface area (TPSA) is 32.5 Å². The zero-order valence-corrected chi connectivity index (χ0v) is 12.7. The Morgan fingerprint density at radius 1 is 1.00 bits per heavy atom. The first kappa shape index (κ1) is 14.4. The summed E-state index contributed by atoms with van der Waals surface area (Å²) in [6.07, 6.45) is 0. The molecule has 1 saturated heterocycles. The molecule has 2 rings (SSSR count). The molecule has 0 spiro atoms. The zero-order valence-electron chi connectivity index (χ0n) is 12.7. The molecule has 1 heterocycles. The molecule has 1 unspecified atom stereocenters. The van der Waals surface area contributed by atoms with E-state index >= 15 is 0 Å². The van der Waals surface area contributed by atoms with Gasteiger partial charge in [0.05, 0.1) is 0 Å². The van der Waals surface area contributed by atoms with Crippen LogP contribution in [0.2, 0.25) is 0 Å². The van der Waals surface area contributed by atoms with Crippen molar-refractivity contribution < 1.29 is 0 Å². The van der Waals surface area contributed by atoms with E-state index in [-0.39, 0.29) is 11.6 Å². The van der Waals surface area contributed by atoms with Gasteiger partial charge in [-0.2, -0.15) is 0 Å². The first-order chi connectivity index (χ1) is 8.88. The molecular weight excluding hydrogens is 234 g/mol. The van der Waals surface area contributed by atoms with Gasteiger partial charge in [-0.3, -0.25) is 4.90 Å². The summed E-state index contributed by atoms with van der Waals surface area (Å²) in [5, 5.41) is 0. The summed E-state index contributed by atoms with van der Waals surface area (Å²) < 4.78 is 0. The average molecular weight is 261 g/mol. The van der Waals surface area contributed by atoms with E-state index in [1.807, 2.05) is 6.92 Å². The van der Waals surface area contributed by atoms with Crippen molar-refractivity contribution in [2.45, 2.75) is 39.3 Å². The Hall–Kier alpha value is -1.06. The first-order valence-electron chi connectivity index (χ1n) is 7.23. The highest BCUT2D eigenvalue weighted by atomic mass is 15.3. The van der Waals surface area contributed by atoms with Gasteiger partial charge in [0.15, 0.2) is 0 Å². The highest BCUT2D eigenvalue weighted by molar-refractivity contribution is 5.48. The predicted octanol–water partition coefficient (Wildman–Crippen LogP) is 2.63. The van der Waals surface area contributed by atoms with Crippen LogP contribution in [-0.2, 0) is 0 Å². The fourth-order valence-corrected chi connectivity index (χ4v) is 2.62. The largest absolute Gasteiger partial charge is 0.369 e. The standard InChI is InChI=1S/C16H27N3/c1-13(17)14-5-7-15(8-6-14)18-9-11-19(12-10-18)16(2,3)4/h5-8,13H,9-12,17H2,1-4H3. The highest BCUT2D eigenvalue weighted by Gasteiger charge is 2.25. The second-order valence-corrected chi connectivity index (χ2v) is 6.53. The van der Waals surface area contributed by atoms with Gasteiger partial charge in [-0.15, -0.1) is 0 Å². The molecule has 1 aliphatic rings. The van der Waals surface area contributed by atoms with Crippen LogP contribution in [0.25, 0.3) is 0 Å². The second-order valence-electron chi connectivity index (χ2n) is 6.53. The van der Waals surface area contributed by atoms with Crippen molar-refractivity contribution in [1.82, 2.24) is 4.90 Å². The molecule has 0 radical (unpaired) electrons. The lowest BCUT2D eigenvalue weighted by atomic mass is 10.0. The third-order valence-electron chi connectivity index (χ3n) is 4.01. The molecule has 0 bridgehead atoms. The fourth-order valence-electron chi connectivity index (χ4n) is 2.62. The summed E-state index contributed by atoms with van der Waals surface area (Å²) in [6.45, 7) is 13.4. The summed E-state index contributed by atoms with van der Waals surface area (Å²) in [7, 11) is 0. The zero-order chi connectivity index (χ0) is 14.0.